The van der Waals surface area contributed by atoms with Crippen molar-refractivity contribution in [3.05, 3.63) is 88.3 Å². The number of nitrogens with zero attached hydrogens (tertiary/aromatic N) is 1. The van der Waals surface area contributed by atoms with Crippen LogP contribution in [0.2, 0.25) is 5.02 Å². The highest BCUT2D eigenvalue weighted by molar-refractivity contribution is 7.19. The van der Waals surface area contributed by atoms with E-state index in [1.54, 1.807) is 11.3 Å². The first-order valence-electron chi connectivity index (χ1n) is 9.13. The van der Waals surface area contributed by atoms with Crippen molar-refractivity contribution in [3.63, 3.8) is 0 Å². The van der Waals surface area contributed by atoms with Gasteiger partial charge in [0.15, 0.2) is 0 Å². The van der Waals surface area contributed by atoms with E-state index in [0.29, 0.717) is 0 Å². The van der Waals surface area contributed by atoms with Gasteiger partial charge in [-0.1, -0.05) is 66.2 Å². The van der Waals surface area contributed by atoms with Crippen LogP contribution in [0.3, 0.4) is 0 Å². The molecule has 0 bridgehead atoms. The lowest BCUT2D eigenvalue weighted by molar-refractivity contribution is 0.251. The van der Waals surface area contributed by atoms with Crippen LogP contribution in [-0.4, -0.2) is 22.6 Å². The molecule has 0 saturated heterocycles. The fourth-order valence-electron chi connectivity index (χ4n) is 3.63. The van der Waals surface area contributed by atoms with E-state index in [-0.39, 0.29) is 12.6 Å². The van der Waals surface area contributed by atoms with E-state index in [1.807, 2.05) is 24.3 Å². The normalized spacial score (nSPS) is 17.9. The molecule has 0 aliphatic carbocycles. The molecule has 1 N–H and O–H groups in total. The number of aliphatic hydroxyl groups excluding tert-OH is 1. The first-order chi connectivity index (χ1) is 13.2. The number of hydrogen-bond donors (Lipinski definition) is 1. The lowest BCUT2D eigenvalue weighted by Crippen LogP contribution is -2.35. The Morgan fingerprint density at radius 3 is 2.67 bits per heavy atom. The fraction of sp³-hybridized carbons (Fsp3) is 0.217. The van der Waals surface area contributed by atoms with Crippen molar-refractivity contribution < 1.29 is 5.11 Å². The molecule has 3 aromatic rings. The molecule has 1 aliphatic rings. The fourth-order valence-corrected chi connectivity index (χ4v) is 5.14. The molecular formula is C23H22ClNOS. The van der Waals surface area contributed by atoms with Crippen LogP contribution in [0, 0.1) is 0 Å². The van der Waals surface area contributed by atoms with Crippen LogP contribution >= 0.6 is 22.9 Å². The zero-order chi connectivity index (χ0) is 18.8. The summed E-state index contributed by atoms with van der Waals surface area (Å²) >= 11 is 8.42. The Hall–Kier alpha value is -1.91. The van der Waals surface area contributed by atoms with E-state index in [2.05, 4.69) is 47.9 Å². The molecule has 2 aromatic carbocycles. The second-order valence-corrected chi connectivity index (χ2v) is 8.34. The van der Waals surface area contributed by atoms with Gasteiger partial charge in [0, 0.05) is 34.1 Å². The Morgan fingerprint density at radius 2 is 1.96 bits per heavy atom. The smallest absolute Gasteiger partial charge is 0.0681 e. The number of fused-ring (bicyclic) bond motifs is 1. The molecule has 4 rings (SSSR count). The second-order valence-electron chi connectivity index (χ2n) is 6.83. The van der Waals surface area contributed by atoms with Gasteiger partial charge in [0.05, 0.1) is 11.6 Å². The van der Waals surface area contributed by atoms with E-state index < -0.39 is 0 Å². The summed E-state index contributed by atoms with van der Waals surface area (Å²) in [7, 11) is 0. The number of benzene rings is 2. The topological polar surface area (TPSA) is 23.5 Å². The highest BCUT2D eigenvalue weighted by Gasteiger charge is 2.22. The highest BCUT2D eigenvalue weighted by Crippen LogP contribution is 2.37. The van der Waals surface area contributed by atoms with Crippen LogP contribution < -0.4 is 0 Å². The molecule has 0 radical (unpaired) electrons. The van der Waals surface area contributed by atoms with Gasteiger partial charge in [-0.3, -0.25) is 4.90 Å². The molecule has 0 amide bonds. The van der Waals surface area contributed by atoms with Gasteiger partial charge >= 0.3 is 0 Å². The number of thiophene rings is 1. The maximum absolute atomic E-state index is 9.22. The summed E-state index contributed by atoms with van der Waals surface area (Å²) in [5.41, 5.74) is 3.50. The average molecular weight is 396 g/mol. The Kier molecular flexibility index (Phi) is 5.46. The van der Waals surface area contributed by atoms with Gasteiger partial charge in [0.1, 0.15) is 0 Å². The molecule has 2 heterocycles. The van der Waals surface area contributed by atoms with Crippen molar-refractivity contribution in [2.24, 2.45) is 0 Å². The molecule has 0 fully saturated rings. The molecule has 0 saturated carbocycles. The first kappa shape index (κ1) is 18.5. The summed E-state index contributed by atoms with van der Waals surface area (Å²) < 4.78 is 1.24. The lowest BCUT2D eigenvalue weighted by Gasteiger charge is -2.32. The van der Waals surface area contributed by atoms with Gasteiger partial charge in [-0.2, -0.15) is 0 Å². The summed E-state index contributed by atoms with van der Waals surface area (Å²) in [6.07, 6.45) is 5.29. The maximum atomic E-state index is 9.22. The van der Waals surface area contributed by atoms with Gasteiger partial charge in [-0.25, -0.2) is 0 Å². The summed E-state index contributed by atoms with van der Waals surface area (Å²) in [5, 5.41) is 11.3. The third-order valence-corrected chi connectivity index (χ3v) is 6.86. The van der Waals surface area contributed by atoms with Crippen molar-refractivity contribution in [2.75, 3.05) is 6.54 Å². The van der Waals surface area contributed by atoms with Crippen molar-refractivity contribution in [3.8, 4) is 0 Å². The largest absolute Gasteiger partial charge is 0.392 e. The molecule has 2 nitrogen and oxygen atoms in total. The monoisotopic (exact) mass is 395 g/mol. The van der Waals surface area contributed by atoms with Crippen molar-refractivity contribution >= 4 is 38.6 Å². The standard InChI is InChI=1S/C23H22ClNOS/c1-2-19-13-18(17-9-7-16(15-26)8-10-17)11-12-25(19)14-22-23(24)20-5-3-4-6-21(20)27-22/h2-10,13,19,26H,1,11-12,14-15H2. The molecule has 4 heteroatoms. The predicted octanol–water partition coefficient (Wildman–Crippen LogP) is 5.89. The Morgan fingerprint density at radius 1 is 1.19 bits per heavy atom. The maximum Gasteiger partial charge on any atom is 0.0681 e. The zero-order valence-electron chi connectivity index (χ0n) is 15.1. The van der Waals surface area contributed by atoms with Crippen LogP contribution in [0.25, 0.3) is 15.7 Å². The Labute approximate surface area is 169 Å². The van der Waals surface area contributed by atoms with Gasteiger partial charge < -0.3 is 5.11 Å². The summed E-state index contributed by atoms with van der Waals surface area (Å²) in [5.74, 6) is 0. The van der Waals surface area contributed by atoms with Crippen molar-refractivity contribution in [1.29, 1.82) is 0 Å². The minimum absolute atomic E-state index is 0.0817. The molecule has 1 unspecified atom stereocenters. The van der Waals surface area contributed by atoms with E-state index in [1.165, 1.54) is 20.7 Å². The second kappa shape index (κ2) is 7.99. The number of rotatable bonds is 5. The first-order valence-corrected chi connectivity index (χ1v) is 10.3. The summed E-state index contributed by atoms with van der Waals surface area (Å²) in [6.45, 7) is 5.93. The number of hydrogen-bond acceptors (Lipinski definition) is 3. The van der Waals surface area contributed by atoms with Gasteiger partial charge in [-0.05, 0) is 29.2 Å². The van der Waals surface area contributed by atoms with Crippen molar-refractivity contribution in [1.82, 2.24) is 4.90 Å². The van der Waals surface area contributed by atoms with E-state index in [0.717, 1.165) is 35.5 Å². The molecule has 1 aliphatic heterocycles. The third-order valence-electron chi connectivity index (χ3n) is 5.16. The molecular weight excluding hydrogens is 374 g/mol. The van der Waals surface area contributed by atoms with Gasteiger partial charge in [0.25, 0.3) is 0 Å². The van der Waals surface area contributed by atoms with Crippen molar-refractivity contribution in [2.45, 2.75) is 25.6 Å². The summed E-state index contributed by atoms with van der Waals surface area (Å²) in [4.78, 5) is 3.64. The average Bonchev–Trinajstić information content (AvgIpc) is 3.04. The zero-order valence-corrected chi connectivity index (χ0v) is 16.6. The minimum Gasteiger partial charge on any atom is -0.392 e. The molecule has 27 heavy (non-hydrogen) atoms. The third kappa shape index (κ3) is 3.74. The predicted molar refractivity (Wildman–Crippen MR) is 116 cm³/mol. The van der Waals surface area contributed by atoms with Gasteiger partial charge in [-0.15, -0.1) is 17.9 Å². The Balaban J connectivity index is 1.56. The molecule has 1 aromatic heterocycles. The van der Waals surface area contributed by atoms with E-state index in [4.69, 9.17) is 11.6 Å². The lowest BCUT2D eigenvalue weighted by atomic mass is 9.95. The van der Waals surface area contributed by atoms with Crippen LogP contribution in [-0.2, 0) is 13.2 Å². The van der Waals surface area contributed by atoms with Crippen LogP contribution in [0.4, 0.5) is 0 Å². The number of aliphatic hydroxyl groups is 1. The number of halogens is 1. The Bertz CT molecular complexity index is 989. The van der Waals surface area contributed by atoms with Gasteiger partial charge in [0.2, 0.25) is 0 Å². The van der Waals surface area contributed by atoms with Crippen LogP contribution in [0.15, 0.2) is 67.3 Å². The van der Waals surface area contributed by atoms with Crippen LogP contribution in [0.1, 0.15) is 22.4 Å². The SMILES string of the molecule is C=CC1C=C(c2ccc(CO)cc2)CCN1Cc1sc2ccccc2c1Cl. The minimum atomic E-state index is 0.0817. The highest BCUT2D eigenvalue weighted by atomic mass is 35.5. The summed E-state index contributed by atoms with van der Waals surface area (Å²) in [6, 6.07) is 16.7. The van der Waals surface area contributed by atoms with Crippen LogP contribution in [0.5, 0.6) is 0 Å². The molecule has 1 atom stereocenters. The van der Waals surface area contributed by atoms with E-state index in [9.17, 15) is 5.11 Å². The molecule has 0 spiro atoms. The quantitative estimate of drug-likeness (QED) is 0.544. The molecule has 138 valence electrons. The van der Waals surface area contributed by atoms with E-state index >= 15 is 0 Å².